The number of nitrogens with one attached hydrogen (secondary N) is 3. The predicted molar refractivity (Wildman–Crippen MR) is 117 cm³/mol. The summed E-state index contributed by atoms with van der Waals surface area (Å²) in [6.45, 7) is 0.573. The maximum atomic E-state index is 12.5. The topological polar surface area (TPSA) is 120 Å². The Morgan fingerprint density at radius 2 is 2.03 bits per heavy atom. The van der Waals surface area contributed by atoms with Crippen LogP contribution >= 0.6 is 11.6 Å². The smallest absolute Gasteiger partial charge is 0.270 e. The zero-order valence-corrected chi connectivity index (χ0v) is 17.1. The Bertz CT molecular complexity index is 1210. The van der Waals surface area contributed by atoms with Crippen LogP contribution in [0.15, 0.2) is 53.3 Å². The lowest BCUT2D eigenvalue weighted by Crippen LogP contribution is -2.26. The normalized spacial score (nSPS) is 15.3. The summed E-state index contributed by atoms with van der Waals surface area (Å²) in [4.78, 5) is 31.8. The van der Waals surface area contributed by atoms with Gasteiger partial charge >= 0.3 is 0 Å². The van der Waals surface area contributed by atoms with Crippen LogP contribution < -0.4 is 16.2 Å². The number of carbonyl (C=O) groups is 1. The Hall–Kier alpha value is -3.67. The number of halogens is 1. The van der Waals surface area contributed by atoms with E-state index in [0.717, 1.165) is 6.42 Å². The highest BCUT2D eigenvalue weighted by Crippen LogP contribution is 2.25. The molecule has 1 unspecified atom stereocenters. The van der Waals surface area contributed by atoms with Crippen LogP contribution in [0.25, 0.3) is 11.3 Å². The molecule has 0 saturated carbocycles. The third kappa shape index (κ3) is 4.74. The standard InChI is InChI=1S/C22H18ClN5O3/c23-14-6-8-15(9-7-14)26-22-27-19(17(12-24)20(29)28-22)13-3-1-4-16(11-13)25-21(30)18-5-2-10-31-18/h1,3-4,6-9,11,18H,2,5,10H2,(H,25,30)(H2,26,27,28,29). The first-order chi connectivity index (χ1) is 15.0. The van der Waals surface area contributed by atoms with Crippen LogP contribution in [0.1, 0.15) is 18.4 Å². The number of H-pyrrole nitrogens is 1. The first kappa shape index (κ1) is 20.6. The van der Waals surface area contributed by atoms with Crippen molar-refractivity contribution in [1.82, 2.24) is 9.97 Å². The Balaban J connectivity index is 1.65. The zero-order chi connectivity index (χ0) is 21.8. The van der Waals surface area contributed by atoms with Gasteiger partial charge in [-0.2, -0.15) is 5.26 Å². The molecule has 1 amide bonds. The van der Waals surface area contributed by atoms with E-state index in [0.29, 0.717) is 35.0 Å². The average Bonchev–Trinajstić information content (AvgIpc) is 3.30. The van der Waals surface area contributed by atoms with E-state index in [1.165, 1.54) is 0 Å². The summed E-state index contributed by atoms with van der Waals surface area (Å²) in [6.07, 6.45) is 1.06. The van der Waals surface area contributed by atoms with E-state index in [1.807, 2.05) is 6.07 Å². The lowest BCUT2D eigenvalue weighted by atomic mass is 10.1. The molecule has 0 radical (unpaired) electrons. The summed E-state index contributed by atoms with van der Waals surface area (Å²) in [5.41, 5.74) is 1.22. The van der Waals surface area contributed by atoms with Gasteiger partial charge in [0.2, 0.25) is 5.95 Å². The molecule has 1 aliphatic heterocycles. The fourth-order valence-corrected chi connectivity index (χ4v) is 3.39. The number of rotatable bonds is 5. The molecule has 4 rings (SSSR count). The molecule has 0 spiro atoms. The highest BCUT2D eigenvalue weighted by molar-refractivity contribution is 6.30. The number of benzene rings is 2. The highest BCUT2D eigenvalue weighted by Gasteiger charge is 2.23. The van der Waals surface area contributed by atoms with E-state index in [-0.39, 0.29) is 23.1 Å². The summed E-state index contributed by atoms with van der Waals surface area (Å²) in [5.74, 6) is -0.0470. The summed E-state index contributed by atoms with van der Waals surface area (Å²) >= 11 is 5.90. The van der Waals surface area contributed by atoms with E-state index >= 15 is 0 Å². The number of amides is 1. The number of nitriles is 1. The van der Waals surface area contributed by atoms with E-state index < -0.39 is 11.7 Å². The Kier molecular flexibility index (Phi) is 5.98. The highest BCUT2D eigenvalue weighted by atomic mass is 35.5. The number of nitrogens with zero attached hydrogens (tertiary/aromatic N) is 2. The van der Waals surface area contributed by atoms with Gasteiger partial charge in [-0.3, -0.25) is 14.6 Å². The van der Waals surface area contributed by atoms with Gasteiger partial charge < -0.3 is 15.4 Å². The molecule has 8 nitrogen and oxygen atoms in total. The van der Waals surface area contributed by atoms with Crippen molar-refractivity contribution in [2.24, 2.45) is 0 Å². The van der Waals surface area contributed by atoms with Gasteiger partial charge in [-0.15, -0.1) is 0 Å². The van der Waals surface area contributed by atoms with Crippen molar-refractivity contribution in [3.8, 4) is 17.3 Å². The second-order valence-corrected chi connectivity index (χ2v) is 7.39. The molecule has 3 aromatic rings. The van der Waals surface area contributed by atoms with Crippen LogP contribution in [0.3, 0.4) is 0 Å². The minimum absolute atomic E-state index is 0.121. The fraction of sp³-hybridized carbons (Fsp3) is 0.182. The SMILES string of the molecule is N#Cc1c(-c2cccc(NC(=O)C3CCCO3)c2)nc(Nc2ccc(Cl)cc2)[nH]c1=O. The van der Waals surface area contributed by atoms with Gasteiger partial charge in [-0.05, 0) is 49.2 Å². The van der Waals surface area contributed by atoms with Gasteiger partial charge in [0.1, 0.15) is 17.7 Å². The van der Waals surface area contributed by atoms with Crippen LogP contribution in [-0.2, 0) is 9.53 Å². The number of ether oxygens (including phenoxy) is 1. The van der Waals surface area contributed by atoms with Gasteiger partial charge in [0.15, 0.2) is 0 Å². The Morgan fingerprint density at radius 1 is 1.23 bits per heavy atom. The maximum Gasteiger partial charge on any atom is 0.270 e. The van der Waals surface area contributed by atoms with Crippen molar-refractivity contribution in [3.05, 3.63) is 69.5 Å². The molecule has 0 bridgehead atoms. The van der Waals surface area contributed by atoms with Crippen molar-refractivity contribution >= 4 is 34.8 Å². The van der Waals surface area contributed by atoms with E-state index in [2.05, 4.69) is 20.6 Å². The summed E-state index contributed by atoms with van der Waals surface area (Å²) in [6, 6.07) is 15.6. The zero-order valence-electron chi connectivity index (χ0n) is 16.3. The van der Waals surface area contributed by atoms with Crippen molar-refractivity contribution in [3.63, 3.8) is 0 Å². The molecule has 1 saturated heterocycles. The second-order valence-electron chi connectivity index (χ2n) is 6.95. The molecule has 3 N–H and O–H groups in total. The monoisotopic (exact) mass is 435 g/mol. The minimum Gasteiger partial charge on any atom is -0.368 e. The molecule has 2 aromatic carbocycles. The minimum atomic E-state index is -0.572. The number of aromatic amines is 1. The molecule has 2 heterocycles. The third-order valence-corrected chi connectivity index (χ3v) is 5.02. The molecular weight excluding hydrogens is 418 g/mol. The second kappa shape index (κ2) is 9.00. The predicted octanol–water partition coefficient (Wildman–Crippen LogP) is 3.82. The van der Waals surface area contributed by atoms with E-state index in [9.17, 15) is 14.9 Å². The fourth-order valence-electron chi connectivity index (χ4n) is 3.27. The summed E-state index contributed by atoms with van der Waals surface area (Å²) in [7, 11) is 0. The molecule has 31 heavy (non-hydrogen) atoms. The van der Waals surface area contributed by atoms with E-state index in [4.69, 9.17) is 16.3 Å². The number of hydrogen-bond donors (Lipinski definition) is 3. The largest absolute Gasteiger partial charge is 0.368 e. The van der Waals surface area contributed by atoms with Crippen molar-refractivity contribution < 1.29 is 9.53 Å². The van der Waals surface area contributed by atoms with Crippen LogP contribution in [0.5, 0.6) is 0 Å². The lowest BCUT2D eigenvalue weighted by molar-refractivity contribution is -0.124. The van der Waals surface area contributed by atoms with Gasteiger partial charge in [-0.25, -0.2) is 4.98 Å². The van der Waals surface area contributed by atoms with Gasteiger partial charge in [0.25, 0.3) is 11.5 Å². The molecule has 1 aromatic heterocycles. The van der Waals surface area contributed by atoms with Crippen LogP contribution in [-0.4, -0.2) is 28.6 Å². The number of anilines is 3. The number of hydrogen-bond acceptors (Lipinski definition) is 6. The first-order valence-corrected chi connectivity index (χ1v) is 10.0. The third-order valence-electron chi connectivity index (χ3n) is 4.76. The Labute approximate surface area is 182 Å². The van der Waals surface area contributed by atoms with Crippen LogP contribution in [0.4, 0.5) is 17.3 Å². The molecule has 9 heteroatoms. The number of carbonyl (C=O) groups excluding carboxylic acids is 1. The summed E-state index contributed by atoms with van der Waals surface area (Å²) in [5, 5.41) is 15.9. The van der Waals surface area contributed by atoms with Gasteiger partial charge in [0, 0.05) is 28.6 Å². The van der Waals surface area contributed by atoms with Gasteiger partial charge in [0.05, 0.1) is 5.69 Å². The van der Waals surface area contributed by atoms with Crippen LogP contribution in [0, 0.1) is 11.3 Å². The van der Waals surface area contributed by atoms with Gasteiger partial charge in [-0.1, -0.05) is 23.7 Å². The quantitative estimate of drug-likeness (QED) is 0.560. The molecule has 0 aliphatic carbocycles. The van der Waals surface area contributed by atoms with Crippen molar-refractivity contribution in [1.29, 1.82) is 5.26 Å². The Morgan fingerprint density at radius 3 is 2.74 bits per heavy atom. The number of aromatic nitrogens is 2. The molecular formula is C22H18ClN5O3. The molecule has 1 aliphatic rings. The lowest BCUT2D eigenvalue weighted by Gasteiger charge is -2.12. The van der Waals surface area contributed by atoms with Crippen LogP contribution in [0.2, 0.25) is 5.02 Å². The van der Waals surface area contributed by atoms with Crippen molar-refractivity contribution in [2.45, 2.75) is 18.9 Å². The summed E-state index contributed by atoms with van der Waals surface area (Å²) < 4.78 is 5.40. The maximum absolute atomic E-state index is 12.5. The van der Waals surface area contributed by atoms with E-state index in [1.54, 1.807) is 48.5 Å². The van der Waals surface area contributed by atoms with Crippen molar-refractivity contribution in [2.75, 3.05) is 17.2 Å². The molecule has 1 fully saturated rings. The average molecular weight is 436 g/mol. The first-order valence-electron chi connectivity index (χ1n) is 9.63. The molecule has 1 atom stereocenters. The molecule has 156 valence electrons.